The minimum Gasteiger partial charge on any atom is -0.370 e. The number of ether oxygens (including phenoxy) is 1. The van der Waals surface area contributed by atoms with Gasteiger partial charge in [0.25, 0.3) is 0 Å². The first-order valence-electron chi connectivity index (χ1n) is 4.68. The van der Waals surface area contributed by atoms with Crippen molar-refractivity contribution in [2.24, 2.45) is 5.73 Å². The summed E-state index contributed by atoms with van der Waals surface area (Å²) in [6.07, 6.45) is 1.55. The third-order valence-corrected chi connectivity index (χ3v) is 2.26. The zero-order valence-electron chi connectivity index (χ0n) is 8.16. The first kappa shape index (κ1) is 9.36. The quantitative estimate of drug-likeness (QED) is 0.722. The van der Waals surface area contributed by atoms with E-state index in [4.69, 9.17) is 10.5 Å². The number of hydrogen-bond acceptors (Lipinski definition) is 5. The van der Waals surface area contributed by atoms with E-state index in [1.165, 1.54) is 0 Å². The van der Waals surface area contributed by atoms with Gasteiger partial charge in [0.05, 0.1) is 18.9 Å². The summed E-state index contributed by atoms with van der Waals surface area (Å²) >= 11 is 0. The molecule has 5 nitrogen and oxygen atoms in total. The molecule has 0 spiro atoms. The molecule has 0 saturated heterocycles. The van der Waals surface area contributed by atoms with Crippen LogP contribution in [-0.2, 0) is 18.0 Å². The van der Waals surface area contributed by atoms with Crippen molar-refractivity contribution in [3.8, 4) is 0 Å². The van der Waals surface area contributed by atoms with Crippen LogP contribution in [0.3, 0.4) is 0 Å². The number of rotatable bonds is 3. The molecule has 14 heavy (non-hydrogen) atoms. The molecule has 1 aliphatic rings. The van der Waals surface area contributed by atoms with Crippen molar-refractivity contribution in [2.45, 2.75) is 26.2 Å². The van der Waals surface area contributed by atoms with E-state index in [0.717, 1.165) is 17.1 Å². The molecule has 0 fully saturated rings. The molecule has 1 aliphatic heterocycles. The average molecular weight is 194 g/mol. The number of aromatic nitrogens is 2. The second kappa shape index (κ2) is 3.89. The van der Waals surface area contributed by atoms with Crippen molar-refractivity contribution in [2.75, 3.05) is 11.9 Å². The fraction of sp³-hybridized carbons (Fsp3) is 0.556. The molecule has 0 aromatic carbocycles. The van der Waals surface area contributed by atoms with E-state index in [9.17, 15) is 0 Å². The van der Waals surface area contributed by atoms with Gasteiger partial charge in [0.15, 0.2) is 0 Å². The van der Waals surface area contributed by atoms with Crippen LogP contribution >= 0.6 is 0 Å². The molecule has 0 saturated carbocycles. The van der Waals surface area contributed by atoms with Gasteiger partial charge in [-0.05, 0) is 6.92 Å². The monoisotopic (exact) mass is 194 g/mol. The highest BCUT2D eigenvalue weighted by Crippen LogP contribution is 2.23. The molecule has 0 aliphatic carbocycles. The normalized spacial score (nSPS) is 16.4. The third kappa shape index (κ3) is 1.69. The summed E-state index contributed by atoms with van der Waals surface area (Å²) in [4.78, 5) is 8.33. The zero-order chi connectivity index (χ0) is 9.97. The lowest BCUT2D eigenvalue weighted by molar-refractivity contribution is 0.133. The highest BCUT2D eigenvalue weighted by Gasteiger charge is 2.18. The van der Waals surface area contributed by atoms with Crippen LogP contribution in [0.5, 0.6) is 0 Å². The largest absolute Gasteiger partial charge is 0.370 e. The maximum atomic E-state index is 5.53. The second-order valence-corrected chi connectivity index (χ2v) is 3.42. The van der Waals surface area contributed by atoms with Gasteiger partial charge in [-0.15, -0.1) is 0 Å². The van der Waals surface area contributed by atoms with Crippen LogP contribution < -0.4 is 11.1 Å². The van der Waals surface area contributed by atoms with Gasteiger partial charge in [0.1, 0.15) is 12.1 Å². The number of hydrogen-bond donors (Lipinski definition) is 2. The Morgan fingerprint density at radius 1 is 1.57 bits per heavy atom. The molecule has 3 N–H and O–H groups in total. The number of nitrogens with one attached hydrogen (secondary N) is 1. The molecule has 1 atom stereocenters. The summed E-state index contributed by atoms with van der Waals surface area (Å²) in [7, 11) is 0. The van der Waals surface area contributed by atoms with Gasteiger partial charge < -0.3 is 15.8 Å². The molecule has 1 aromatic heterocycles. The zero-order valence-corrected chi connectivity index (χ0v) is 8.16. The highest BCUT2D eigenvalue weighted by atomic mass is 16.5. The summed E-state index contributed by atoms with van der Waals surface area (Å²) in [6.45, 7) is 3.78. The maximum Gasteiger partial charge on any atom is 0.135 e. The number of fused-ring (bicyclic) bond motifs is 1. The number of nitrogens with zero attached hydrogens (tertiary/aromatic N) is 2. The van der Waals surface area contributed by atoms with Gasteiger partial charge in [0, 0.05) is 18.2 Å². The molecular weight excluding hydrogens is 180 g/mol. The lowest BCUT2D eigenvalue weighted by Gasteiger charge is -2.13. The summed E-state index contributed by atoms with van der Waals surface area (Å²) in [5, 5.41) is 3.24. The van der Waals surface area contributed by atoms with Crippen LogP contribution in [0.1, 0.15) is 18.2 Å². The molecule has 0 radical (unpaired) electrons. The average Bonchev–Trinajstić information content (AvgIpc) is 2.66. The summed E-state index contributed by atoms with van der Waals surface area (Å²) in [6, 6.07) is 0.217. The fourth-order valence-corrected chi connectivity index (χ4v) is 1.39. The molecule has 0 amide bonds. The van der Waals surface area contributed by atoms with E-state index in [-0.39, 0.29) is 6.04 Å². The van der Waals surface area contributed by atoms with Crippen molar-refractivity contribution in [1.29, 1.82) is 0 Å². The van der Waals surface area contributed by atoms with Gasteiger partial charge in [-0.2, -0.15) is 0 Å². The van der Waals surface area contributed by atoms with Crippen LogP contribution in [-0.4, -0.2) is 22.6 Å². The molecule has 2 rings (SSSR count). The molecular formula is C9H14N4O. The summed E-state index contributed by atoms with van der Waals surface area (Å²) < 4.78 is 5.30. The van der Waals surface area contributed by atoms with Crippen LogP contribution in [0.15, 0.2) is 6.33 Å². The van der Waals surface area contributed by atoms with E-state index in [1.54, 1.807) is 6.33 Å². The minimum atomic E-state index is 0.217. The maximum absolute atomic E-state index is 5.53. The highest BCUT2D eigenvalue weighted by molar-refractivity contribution is 5.47. The van der Waals surface area contributed by atoms with Crippen molar-refractivity contribution < 1.29 is 4.74 Å². The van der Waals surface area contributed by atoms with E-state index >= 15 is 0 Å². The van der Waals surface area contributed by atoms with Crippen molar-refractivity contribution in [3.05, 3.63) is 17.6 Å². The molecule has 5 heteroatoms. The molecule has 2 heterocycles. The topological polar surface area (TPSA) is 73.1 Å². The number of nitrogens with two attached hydrogens (primary N) is 1. The van der Waals surface area contributed by atoms with Crippen molar-refractivity contribution in [3.63, 3.8) is 0 Å². The van der Waals surface area contributed by atoms with Crippen molar-refractivity contribution >= 4 is 5.82 Å². The number of anilines is 1. The van der Waals surface area contributed by atoms with E-state index in [1.807, 2.05) is 6.92 Å². The third-order valence-electron chi connectivity index (χ3n) is 2.26. The van der Waals surface area contributed by atoms with Gasteiger partial charge in [-0.1, -0.05) is 0 Å². The standard InChI is InChI=1S/C9H14N4O/c1-6(2-10)13-9-7-3-14-4-8(7)11-5-12-9/h5-6H,2-4,10H2,1H3,(H,11,12,13). The Morgan fingerprint density at radius 2 is 2.43 bits per heavy atom. The van der Waals surface area contributed by atoms with Crippen LogP contribution in [0, 0.1) is 0 Å². The first-order chi connectivity index (χ1) is 6.81. The van der Waals surface area contributed by atoms with Crippen LogP contribution in [0.4, 0.5) is 5.82 Å². The Bertz CT molecular complexity index is 329. The molecule has 0 bridgehead atoms. The smallest absolute Gasteiger partial charge is 0.135 e. The van der Waals surface area contributed by atoms with Gasteiger partial charge >= 0.3 is 0 Å². The Kier molecular flexibility index (Phi) is 2.60. The first-order valence-corrected chi connectivity index (χ1v) is 4.68. The van der Waals surface area contributed by atoms with E-state index in [0.29, 0.717) is 19.8 Å². The Hall–Kier alpha value is -1.20. The predicted octanol–water partition coefficient (Wildman–Crippen LogP) is 0.266. The second-order valence-electron chi connectivity index (χ2n) is 3.42. The molecule has 1 aromatic rings. The SMILES string of the molecule is CC(CN)Nc1ncnc2c1COC2. The lowest BCUT2D eigenvalue weighted by Crippen LogP contribution is -2.26. The van der Waals surface area contributed by atoms with E-state index < -0.39 is 0 Å². The van der Waals surface area contributed by atoms with Gasteiger partial charge in [-0.25, -0.2) is 9.97 Å². The van der Waals surface area contributed by atoms with Crippen molar-refractivity contribution in [1.82, 2.24) is 9.97 Å². The summed E-state index contributed by atoms with van der Waals surface area (Å²) in [5.41, 5.74) is 7.57. The minimum absolute atomic E-state index is 0.217. The predicted molar refractivity (Wildman–Crippen MR) is 52.7 cm³/mol. The summed E-state index contributed by atoms with van der Waals surface area (Å²) in [5.74, 6) is 0.852. The fourth-order valence-electron chi connectivity index (χ4n) is 1.39. The Labute approximate surface area is 82.7 Å². The molecule has 76 valence electrons. The van der Waals surface area contributed by atoms with Crippen LogP contribution in [0.2, 0.25) is 0 Å². The van der Waals surface area contributed by atoms with Crippen LogP contribution in [0.25, 0.3) is 0 Å². The molecule has 1 unspecified atom stereocenters. The van der Waals surface area contributed by atoms with Gasteiger partial charge in [-0.3, -0.25) is 0 Å². The Morgan fingerprint density at radius 3 is 3.21 bits per heavy atom. The lowest BCUT2D eigenvalue weighted by atomic mass is 10.2. The van der Waals surface area contributed by atoms with Gasteiger partial charge in [0.2, 0.25) is 0 Å². The Balaban J connectivity index is 2.22. The van der Waals surface area contributed by atoms with E-state index in [2.05, 4.69) is 15.3 Å².